The van der Waals surface area contributed by atoms with Gasteiger partial charge in [0.2, 0.25) is 0 Å². The van der Waals surface area contributed by atoms with Gasteiger partial charge in [-0.2, -0.15) is 5.10 Å². The summed E-state index contributed by atoms with van der Waals surface area (Å²) in [6.45, 7) is 4.15. The molecule has 4 rings (SSSR count). The van der Waals surface area contributed by atoms with Crippen molar-refractivity contribution in [2.24, 2.45) is 12.0 Å². The van der Waals surface area contributed by atoms with Crippen molar-refractivity contribution in [3.05, 3.63) is 53.6 Å². The molecule has 0 amide bonds. The second kappa shape index (κ2) is 9.14. The first-order valence-corrected chi connectivity index (χ1v) is 10.5. The van der Waals surface area contributed by atoms with E-state index in [1.165, 1.54) is 6.07 Å². The van der Waals surface area contributed by atoms with Gasteiger partial charge in [0.05, 0.1) is 19.3 Å². The van der Waals surface area contributed by atoms with Gasteiger partial charge in [0.15, 0.2) is 5.96 Å². The van der Waals surface area contributed by atoms with Gasteiger partial charge >= 0.3 is 0 Å². The van der Waals surface area contributed by atoms with E-state index >= 15 is 0 Å². The number of aryl methyl sites for hydroxylation is 1. The third-order valence-electron chi connectivity index (χ3n) is 6.15. The number of morpholine rings is 1. The Bertz CT molecular complexity index is 878. The van der Waals surface area contributed by atoms with Crippen LogP contribution in [-0.4, -0.2) is 67.1 Å². The Morgan fingerprint density at radius 2 is 2.17 bits per heavy atom. The molecule has 8 heteroatoms. The van der Waals surface area contributed by atoms with Crippen LogP contribution < -0.4 is 5.32 Å². The van der Waals surface area contributed by atoms with E-state index in [1.807, 2.05) is 25.5 Å². The third kappa shape index (κ3) is 4.49. The van der Waals surface area contributed by atoms with Crippen molar-refractivity contribution < 1.29 is 13.9 Å². The van der Waals surface area contributed by atoms with Gasteiger partial charge < -0.3 is 19.7 Å². The summed E-state index contributed by atoms with van der Waals surface area (Å²) < 4.78 is 27.3. The highest BCUT2D eigenvalue weighted by Gasteiger charge is 2.35. The molecule has 0 bridgehead atoms. The van der Waals surface area contributed by atoms with Gasteiger partial charge in [-0.05, 0) is 30.5 Å². The monoisotopic (exact) mass is 415 g/mol. The average Bonchev–Trinajstić information content (AvgIpc) is 3.21. The molecule has 162 valence electrons. The molecule has 2 aliphatic rings. The molecular weight excluding hydrogens is 385 g/mol. The van der Waals surface area contributed by atoms with Crippen LogP contribution >= 0.6 is 0 Å². The summed E-state index contributed by atoms with van der Waals surface area (Å²) in [5.41, 5.74) is 1.91. The number of rotatable bonds is 4. The highest BCUT2D eigenvalue weighted by molar-refractivity contribution is 5.80. The van der Waals surface area contributed by atoms with Gasteiger partial charge in [-0.25, -0.2) is 4.39 Å². The molecule has 1 aromatic carbocycles. The molecule has 1 N–H and O–H groups in total. The van der Waals surface area contributed by atoms with E-state index in [0.29, 0.717) is 32.9 Å². The lowest BCUT2D eigenvalue weighted by Crippen LogP contribution is -2.52. The van der Waals surface area contributed by atoms with Crippen molar-refractivity contribution in [2.45, 2.75) is 24.4 Å². The van der Waals surface area contributed by atoms with Gasteiger partial charge in [-0.15, -0.1) is 0 Å². The Labute approximate surface area is 176 Å². The molecule has 2 fully saturated rings. The van der Waals surface area contributed by atoms with Crippen molar-refractivity contribution in [2.75, 3.05) is 46.5 Å². The van der Waals surface area contributed by atoms with Crippen LogP contribution in [0.4, 0.5) is 4.39 Å². The summed E-state index contributed by atoms with van der Waals surface area (Å²) in [6, 6.07) is 6.96. The van der Waals surface area contributed by atoms with E-state index in [0.717, 1.165) is 36.5 Å². The van der Waals surface area contributed by atoms with Crippen LogP contribution in [0.25, 0.3) is 0 Å². The molecule has 30 heavy (non-hydrogen) atoms. The number of hydrogen-bond donors (Lipinski definition) is 1. The quantitative estimate of drug-likeness (QED) is 0.613. The fourth-order valence-corrected chi connectivity index (χ4v) is 4.38. The molecule has 0 aliphatic carbocycles. The Hall–Kier alpha value is -2.45. The second-order valence-electron chi connectivity index (χ2n) is 8.06. The van der Waals surface area contributed by atoms with Gasteiger partial charge in [0, 0.05) is 57.6 Å². The summed E-state index contributed by atoms with van der Waals surface area (Å²) in [5.74, 6) is 0.643. The van der Waals surface area contributed by atoms with Gasteiger partial charge in [-0.1, -0.05) is 12.1 Å². The average molecular weight is 416 g/mol. The lowest BCUT2D eigenvalue weighted by Gasteiger charge is -2.40. The molecule has 2 aliphatic heterocycles. The maximum absolute atomic E-state index is 13.9. The zero-order valence-corrected chi connectivity index (χ0v) is 17.7. The van der Waals surface area contributed by atoms with Crippen LogP contribution in [-0.2, 0) is 21.9 Å². The standard InChI is InChI=1S/C22H30FN5O2/c1-24-21(28-8-11-30-20(15-28)17-13-26-27(2)14-17)25-16-22(6-9-29-10-7-22)18-4-3-5-19(23)12-18/h3-5,12-14,20H,6-11,15-16H2,1-2H3,(H,24,25). The highest BCUT2D eigenvalue weighted by Crippen LogP contribution is 2.34. The molecule has 1 unspecified atom stereocenters. The fraction of sp³-hybridized carbons (Fsp3) is 0.545. The predicted octanol–water partition coefficient (Wildman–Crippen LogP) is 2.26. The van der Waals surface area contributed by atoms with Crippen LogP contribution in [0.2, 0.25) is 0 Å². The number of aromatic nitrogens is 2. The van der Waals surface area contributed by atoms with Crippen LogP contribution in [0.15, 0.2) is 41.7 Å². The molecule has 1 aromatic heterocycles. The molecular formula is C22H30FN5O2. The number of ether oxygens (including phenoxy) is 2. The molecule has 3 heterocycles. The zero-order valence-electron chi connectivity index (χ0n) is 17.7. The van der Waals surface area contributed by atoms with Gasteiger partial charge in [-0.3, -0.25) is 9.67 Å². The minimum atomic E-state index is -0.199. The van der Waals surface area contributed by atoms with Gasteiger partial charge in [0.1, 0.15) is 11.9 Å². The normalized spacial score (nSPS) is 22.2. The van der Waals surface area contributed by atoms with Crippen LogP contribution in [0.1, 0.15) is 30.1 Å². The second-order valence-corrected chi connectivity index (χ2v) is 8.06. The molecule has 1 atom stereocenters. The maximum atomic E-state index is 13.9. The minimum Gasteiger partial charge on any atom is -0.381 e. The Kier molecular flexibility index (Phi) is 6.34. The number of nitrogens with zero attached hydrogens (tertiary/aromatic N) is 4. The van der Waals surface area contributed by atoms with E-state index in [2.05, 4.69) is 20.3 Å². The molecule has 7 nitrogen and oxygen atoms in total. The van der Waals surface area contributed by atoms with E-state index in [9.17, 15) is 4.39 Å². The summed E-state index contributed by atoms with van der Waals surface area (Å²) >= 11 is 0. The van der Waals surface area contributed by atoms with Crippen molar-refractivity contribution >= 4 is 5.96 Å². The first-order chi connectivity index (χ1) is 14.6. The summed E-state index contributed by atoms with van der Waals surface area (Å²) in [4.78, 5) is 6.74. The molecule has 0 saturated carbocycles. The Morgan fingerprint density at radius 3 is 2.87 bits per heavy atom. The largest absolute Gasteiger partial charge is 0.381 e. The number of guanidine groups is 1. The fourth-order valence-electron chi connectivity index (χ4n) is 4.38. The van der Waals surface area contributed by atoms with Crippen molar-refractivity contribution in [1.82, 2.24) is 20.0 Å². The Balaban J connectivity index is 1.47. The number of nitrogens with one attached hydrogen (secondary N) is 1. The molecule has 0 radical (unpaired) electrons. The van der Waals surface area contributed by atoms with Gasteiger partial charge in [0.25, 0.3) is 0 Å². The van der Waals surface area contributed by atoms with Crippen molar-refractivity contribution in [3.63, 3.8) is 0 Å². The van der Waals surface area contributed by atoms with Crippen LogP contribution in [0.3, 0.4) is 0 Å². The smallest absolute Gasteiger partial charge is 0.193 e. The predicted molar refractivity (Wildman–Crippen MR) is 113 cm³/mol. The maximum Gasteiger partial charge on any atom is 0.193 e. The number of hydrogen-bond acceptors (Lipinski definition) is 4. The lowest BCUT2D eigenvalue weighted by molar-refractivity contribution is -0.00835. The van der Waals surface area contributed by atoms with Crippen molar-refractivity contribution in [1.29, 1.82) is 0 Å². The summed E-state index contributed by atoms with van der Waals surface area (Å²) in [6.07, 6.45) is 5.51. The molecule has 2 saturated heterocycles. The molecule has 2 aromatic rings. The lowest BCUT2D eigenvalue weighted by atomic mass is 9.74. The van der Waals surface area contributed by atoms with Crippen LogP contribution in [0.5, 0.6) is 0 Å². The number of benzene rings is 1. The van der Waals surface area contributed by atoms with E-state index in [-0.39, 0.29) is 17.3 Å². The summed E-state index contributed by atoms with van der Waals surface area (Å²) in [7, 11) is 3.71. The first kappa shape index (κ1) is 20.8. The van der Waals surface area contributed by atoms with E-state index in [1.54, 1.807) is 23.9 Å². The minimum absolute atomic E-state index is 0.0359. The number of aliphatic imine (C=N–C) groups is 1. The summed E-state index contributed by atoms with van der Waals surface area (Å²) in [5, 5.41) is 7.83. The highest BCUT2D eigenvalue weighted by atomic mass is 19.1. The van der Waals surface area contributed by atoms with Crippen molar-refractivity contribution in [3.8, 4) is 0 Å². The van der Waals surface area contributed by atoms with E-state index in [4.69, 9.17) is 9.47 Å². The Morgan fingerprint density at radius 1 is 1.33 bits per heavy atom. The SMILES string of the molecule is CN=C(NCC1(c2cccc(F)c2)CCOCC1)N1CCOC(c2cnn(C)c2)C1. The van der Waals surface area contributed by atoms with Crippen LogP contribution in [0, 0.1) is 5.82 Å². The van der Waals surface area contributed by atoms with E-state index < -0.39 is 0 Å². The topological polar surface area (TPSA) is 63.9 Å². The zero-order chi connectivity index (χ0) is 21.0. The third-order valence-corrected chi connectivity index (χ3v) is 6.15. The number of halogens is 1. The first-order valence-electron chi connectivity index (χ1n) is 10.5. The molecule has 0 spiro atoms.